The molecule has 2 atom stereocenters. The first kappa shape index (κ1) is 22.1. The molecule has 0 aliphatic carbocycles. The van der Waals surface area contributed by atoms with Crippen molar-refractivity contribution in [3.63, 3.8) is 0 Å². The maximum absolute atomic E-state index is 12.9. The number of benzene rings is 1. The molecule has 1 aromatic carbocycles. The summed E-state index contributed by atoms with van der Waals surface area (Å²) in [5.74, 6) is 1.23. The average molecular weight is 391 g/mol. The molecule has 6 heteroatoms. The van der Waals surface area contributed by atoms with E-state index in [0.717, 1.165) is 18.4 Å². The summed E-state index contributed by atoms with van der Waals surface area (Å²) < 4.78 is 11.3. The number of piperidine rings is 1. The van der Waals surface area contributed by atoms with Crippen LogP contribution in [-0.4, -0.2) is 42.5 Å². The first-order valence-corrected chi connectivity index (χ1v) is 10.4. The van der Waals surface area contributed by atoms with Gasteiger partial charge < -0.3 is 19.7 Å². The van der Waals surface area contributed by atoms with Crippen molar-refractivity contribution < 1.29 is 19.1 Å². The molecule has 0 aromatic heterocycles. The van der Waals surface area contributed by atoms with Crippen LogP contribution in [0.5, 0.6) is 11.5 Å². The van der Waals surface area contributed by atoms with Crippen LogP contribution < -0.4 is 14.8 Å². The molecular weight excluding hydrogens is 356 g/mol. The van der Waals surface area contributed by atoms with E-state index in [1.54, 1.807) is 4.90 Å². The molecule has 28 heavy (non-hydrogen) atoms. The van der Waals surface area contributed by atoms with Gasteiger partial charge in [0.05, 0.1) is 19.3 Å². The number of carbonyl (C=O) groups is 2. The first-order valence-electron chi connectivity index (χ1n) is 10.4. The number of rotatable bonds is 8. The van der Waals surface area contributed by atoms with Gasteiger partial charge in [-0.3, -0.25) is 9.59 Å². The largest absolute Gasteiger partial charge is 0.490 e. The Morgan fingerprint density at radius 2 is 1.79 bits per heavy atom. The number of nitrogens with one attached hydrogen (secondary N) is 1. The molecule has 1 aliphatic heterocycles. The van der Waals surface area contributed by atoms with Crippen LogP contribution in [0.4, 0.5) is 0 Å². The predicted molar refractivity (Wildman–Crippen MR) is 110 cm³/mol. The maximum atomic E-state index is 12.9. The molecule has 1 N–H and O–H groups in total. The van der Waals surface area contributed by atoms with Gasteiger partial charge in [0.2, 0.25) is 11.8 Å². The summed E-state index contributed by atoms with van der Waals surface area (Å²) in [7, 11) is 0. The summed E-state index contributed by atoms with van der Waals surface area (Å²) in [5, 5.41) is 3.08. The average Bonchev–Trinajstić information content (AvgIpc) is 2.68. The fourth-order valence-corrected chi connectivity index (χ4v) is 3.53. The monoisotopic (exact) mass is 390 g/mol. The lowest BCUT2D eigenvalue weighted by molar-refractivity contribution is -0.144. The fraction of sp³-hybridized carbons (Fsp3) is 0.636. The van der Waals surface area contributed by atoms with E-state index in [4.69, 9.17) is 9.47 Å². The molecule has 2 amide bonds. The molecule has 1 aromatic rings. The van der Waals surface area contributed by atoms with E-state index in [9.17, 15) is 9.59 Å². The van der Waals surface area contributed by atoms with Crippen molar-refractivity contribution in [2.75, 3.05) is 19.8 Å². The van der Waals surface area contributed by atoms with Crippen LogP contribution in [0.1, 0.15) is 65.5 Å². The molecule has 1 aliphatic rings. The number of hydrogen-bond acceptors (Lipinski definition) is 4. The van der Waals surface area contributed by atoms with Gasteiger partial charge in [0.25, 0.3) is 0 Å². The number of likely N-dealkylation sites (tertiary alicyclic amines) is 1. The smallest absolute Gasteiger partial charge is 0.243 e. The van der Waals surface area contributed by atoms with Gasteiger partial charge in [-0.2, -0.15) is 0 Å². The Hall–Kier alpha value is -2.24. The maximum Gasteiger partial charge on any atom is 0.243 e. The van der Waals surface area contributed by atoms with Crippen LogP contribution in [0.25, 0.3) is 0 Å². The van der Waals surface area contributed by atoms with Gasteiger partial charge in [0.15, 0.2) is 11.5 Å². The van der Waals surface area contributed by atoms with Gasteiger partial charge in [-0.1, -0.05) is 19.9 Å². The lowest BCUT2D eigenvalue weighted by atomic mass is 9.98. The Morgan fingerprint density at radius 1 is 1.11 bits per heavy atom. The van der Waals surface area contributed by atoms with E-state index < -0.39 is 0 Å². The second-order valence-corrected chi connectivity index (χ2v) is 7.50. The number of carbonyl (C=O) groups excluding carboxylic acids is 2. The number of ether oxygens (including phenoxy) is 2. The molecular formula is C22H34N2O4. The molecule has 156 valence electrons. The third kappa shape index (κ3) is 5.40. The Labute approximate surface area is 168 Å². The Balaban J connectivity index is 2.12. The van der Waals surface area contributed by atoms with Crippen molar-refractivity contribution >= 4 is 11.8 Å². The van der Waals surface area contributed by atoms with Crippen molar-refractivity contribution in [1.29, 1.82) is 0 Å². The highest BCUT2D eigenvalue weighted by atomic mass is 16.5. The normalized spacial score (nSPS) is 17.9. The summed E-state index contributed by atoms with van der Waals surface area (Å²) in [6.45, 7) is 11.3. The standard InChI is InChI=1S/C22H34N2O4/c1-6-27-19-12-11-17(14-20(19)28-7-2)16(5)23-21(25)18-10-8-9-13-24(18)22(26)15(3)4/h11-12,14-16,18H,6-10,13H2,1-5H3,(H,23,25)/t16-,18+/m1/s1. The first-order chi connectivity index (χ1) is 13.4. The molecule has 2 rings (SSSR count). The summed E-state index contributed by atoms with van der Waals surface area (Å²) in [6, 6.07) is 5.15. The lowest BCUT2D eigenvalue weighted by Crippen LogP contribution is -2.53. The van der Waals surface area contributed by atoms with Crippen LogP contribution in [0.15, 0.2) is 18.2 Å². The molecule has 1 saturated heterocycles. The van der Waals surface area contributed by atoms with Gasteiger partial charge >= 0.3 is 0 Å². The molecule has 6 nitrogen and oxygen atoms in total. The molecule has 0 radical (unpaired) electrons. The molecule has 0 bridgehead atoms. The molecule has 0 spiro atoms. The molecule has 0 saturated carbocycles. The molecule has 1 heterocycles. The van der Waals surface area contributed by atoms with E-state index >= 15 is 0 Å². The highest BCUT2D eigenvalue weighted by molar-refractivity contribution is 5.88. The third-order valence-corrected chi connectivity index (χ3v) is 5.01. The van der Waals surface area contributed by atoms with E-state index in [-0.39, 0.29) is 29.8 Å². The van der Waals surface area contributed by atoms with E-state index in [2.05, 4.69) is 5.32 Å². The summed E-state index contributed by atoms with van der Waals surface area (Å²) in [5.41, 5.74) is 0.942. The van der Waals surface area contributed by atoms with Crippen molar-refractivity contribution in [2.24, 2.45) is 5.92 Å². The minimum atomic E-state index is -0.389. The summed E-state index contributed by atoms with van der Waals surface area (Å²) in [6.07, 6.45) is 2.63. The Kier molecular flexibility index (Phi) is 8.15. The topological polar surface area (TPSA) is 67.9 Å². The van der Waals surface area contributed by atoms with Gasteiger partial charge in [-0.05, 0) is 57.7 Å². The van der Waals surface area contributed by atoms with Gasteiger partial charge in [0.1, 0.15) is 6.04 Å². The van der Waals surface area contributed by atoms with E-state index in [1.807, 2.05) is 52.8 Å². The number of amides is 2. The van der Waals surface area contributed by atoms with Gasteiger partial charge in [-0.25, -0.2) is 0 Å². The third-order valence-electron chi connectivity index (χ3n) is 5.01. The van der Waals surface area contributed by atoms with Crippen molar-refractivity contribution in [1.82, 2.24) is 10.2 Å². The Morgan fingerprint density at radius 3 is 2.43 bits per heavy atom. The van der Waals surface area contributed by atoms with Crippen LogP contribution in [0, 0.1) is 5.92 Å². The minimum Gasteiger partial charge on any atom is -0.490 e. The van der Waals surface area contributed by atoms with Crippen molar-refractivity contribution in [3.05, 3.63) is 23.8 Å². The zero-order chi connectivity index (χ0) is 20.7. The van der Waals surface area contributed by atoms with Crippen LogP contribution in [0.2, 0.25) is 0 Å². The van der Waals surface area contributed by atoms with E-state index in [0.29, 0.717) is 37.7 Å². The minimum absolute atomic E-state index is 0.0483. The number of nitrogens with zero attached hydrogens (tertiary/aromatic N) is 1. The lowest BCUT2D eigenvalue weighted by Gasteiger charge is -2.36. The van der Waals surface area contributed by atoms with Crippen LogP contribution >= 0.6 is 0 Å². The Bertz CT molecular complexity index is 675. The van der Waals surface area contributed by atoms with Crippen molar-refractivity contribution in [3.8, 4) is 11.5 Å². The van der Waals surface area contributed by atoms with Crippen molar-refractivity contribution in [2.45, 2.75) is 66.0 Å². The highest BCUT2D eigenvalue weighted by Gasteiger charge is 2.33. The molecule has 1 fully saturated rings. The quantitative estimate of drug-likeness (QED) is 0.735. The van der Waals surface area contributed by atoms with Gasteiger partial charge in [0, 0.05) is 12.5 Å². The highest BCUT2D eigenvalue weighted by Crippen LogP contribution is 2.31. The zero-order valence-corrected chi connectivity index (χ0v) is 17.8. The zero-order valence-electron chi connectivity index (χ0n) is 17.8. The van der Waals surface area contributed by atoms with Crippen LogP contribution in [-0.2, 0) is 9.59 Å². The SMILES string of the molecule is CCOc1ccc([C@@H](C)NC(=O)[C@@H]2CCCCN2C(=O)C(C)C)cc1OCC. The van der Waals surface area contributed by atoms with E-state index in [1.165, 1.54) is 0 Å². The summed E-state index contributed by atoms with van der Waals surface area (Å²) >= 11 is 0. The van der Waals surface area contributed by atoms with Crippen LogP contribution in [0.3, 0.4) is 0 Å². The number of hydrogen-bond donors (Lipinski definition) is 1. The fourth-order valence-electron chi connectivity index (χ4n) is 3.53. The second kappa shape index (κ2) is 10.3. The summed E-state index contributed by atoms with van der Waals surface area (Å²) in [4.78, 5) is 27.2. The van der Waals surface area contributed by atoms with Gasteiger partial charge in [-0.15, -0.1) is 0 Å². The second-order valence-electron chi connectivity index (χ2n) is 7.50. The predicted octanol–water partition coefficient (Wildman–Crippen LogP) is 3.70. The molecule has 0 unspecified atom stereocenters.